The third-order valence-corrected chi connectivity index (χ3v) is 6.50. The molecule has 3 aromatic rings. The molecule has 1 N–H and O–H groups in total. The molecule has 1 saturated carbocycles. The molecule has 0 spiro atoms. The van der Waals surface area contributed by atoms with Gasteiger partial charge in [0.1, 0.15) is 11.6 Å². The Hall–Kier alpha value is -2.54. The minimum absolute atomic E-state index is 0.173. The maximum atomic E-state index is 14.0. The van der Waals surface area contributed by atoms with Crippen LogP contribution >= 0.6 is 11.8 Å². The summed E-state index contributed by atoms with van der Waals surface area (Å²) in [5, 5.41) is 13.3. The number of halogens is 1. The first-order valence-corrected chi connectivity index (χ1v) is 11.4. The zero-order valence-corrected chi connectivity index (χ0v) is 18.0. The predicted octanol–water partition coefficient (Wildman–Crippen LogP) is 5.84. The number of nitrogens with one attached hydrogen (secondary N) is 1. The molecule has 0 aliphatic heterocycles. The molecule has 0 unspecified atom stereocenters. The fraction of sp³-hybridized carbons (Fsp3) is 0.391. The van der Waals surface area contributed by atoms with Crippen LogP contribution in [0.25, 0.3) is 0 Å². The van der Waals surface area contributed by atoms with E-state index >= 15 is 0 Å². The standard InChI is InChI=1S/C23H27FN4OS/c1-29-20-12-7-9-18(14-20)25-15-22-26-27-23(28(22)19-10-3-2-4-11-19)30-16-17-8-5-6-13-21(17)24/h5-9,12-14,19,25H,2-4,10-11,15-16H2,1H3. The van der Waals surface area contributed by atoms with E-state index in [1.165, 1.54) is 25.3 Å². The van der Waals surface area contributed by atoms with Gasteiger partial charge in [0.25, 0.3) is 0 Å². The number of nitrogens with zero attached hydrogens (tertiary/aromatic N) is 3. The number of methoxy groups -OCH3 is 1. The van der Waals surface area contributed by atoms with Gasteiger partial charge >= 0.3 is 0 Å². The Bertz CT molecular complexity index is 971. The molecule has 7 heteroatoms. The Kier molecular flexibility index (Phi) is 6.89. The molecule has 1 heterocycles. The number of thioether (sulfide) groups is 1. The Morgan fingerprint density at radius 3 is 2.73 bits per heavy atom. The van der Waals surface area contributed by atoms with Crippen LogP contribution in [0.4, 0.5) is 10.1 Å². The predicted molar refractivity (Wildman–Crippen MR) is 118 cm³/mol. The normalized spacial score (nSPS) is 14.6. The van der Waals surface area contributed by atoms with Gasteiger partial charge in [0.2, 0.25) is 0 Å². The van der Waals surface area contributed by atoms with Gasteiger partial charge in [-0.15, -0.1) is 10.2 Å². The van der Waals surface area contributed by atoms with Crippen molar-refractivity contribution in [3.05, 3.63) is 65.7 Å². The molecular formula is C23H27FN4OS. The van der Waals surface area contributed by atoms with Crippen LogP contribution in [-0.2, 0) is 12.3 Å². The molecule has 4 rings (SSSR count). The Morgan fingerprint density at radius 1 is 1.10 bits per heavy atom. The highest BCUT2D eigenvalue weighted by Crippen LogP contribution is 2.34. The summed E-state index contributed by atoms with van der Waals surface area (Å²) in [6.45, 7) is 0.580. The quantitative estimate of drug-likeness (QED) is 0.459. The lowest BCUT2D eigenvalue weighted by molar-refractivity contribution is 0.330. The summed E-state index contributed by atoms with van der Waals surface area (Å²) in [6.07, 6.45) is 6.01. The van der Waals surface area contributed by atoms with Crippen molar-refractivity contribution >= 4 is 17.4 Å². The summed E-state index contributed by atoms with van der Waals surface area (Å²) in [5.41, 5.74) is 1.67. The summed E-state index contributed by atoms with van der Waals surface area (Å²) in [6, 6.07) is 15.2. The second kappa shape index (κ2) is 9.98. The molecule has 1 aliphatic carbocycles. The lowest BCUT2D eigenvalue weighted by Crippen LogP contribution is -2.18. The summed E-state index contributed by atoms with van der Waals surface area (Å²) < 4.78 is 21.6. The van der Waals surface area contributed by atoms with Crippen LogP contribution < -0.4 is 10.1 Å². The lowest BCUT2D eigenvalue weighted by Gasteiger charge is -2.25. The maximum absolute atomic E-state index is 14.0. The number of benzene rings is 2. The molecular weight excluding hydrogens is 399 g/mol. The van der Waals surface area contributed by atoms with E-state index in [9.17, 15) is 4.39 Å². The topological polar surface area (TPSA) is 52.0 Å². The van der Waals surface area contributed by atoms with Crippen molar-refractivity contribution in [2.75, 3.05) is 12.4 Å². The maximum Gasteiger partial charge on any atom is 0.191 e. The second-order valence-electron chi connectivity index (χ2n) is 7.53. The van der Waals surface area contributed by atoms with Crippen LogP contribution in [0.5, 0.6) is 5.75 Å². The first-order chi connectivity index (χ1) is 14.7. The molecule has 1 fully saturated rings. The monoisotopic (exact) mass is 426 g/mol. The molecule has 30 heavy (non-hydrogen) atoms. The van der Waals surface area contributed by atoms with Crippen molar-refractivity contribution in [1.29, 1.82) is 0 Å². The van der Waals surface area contributed by atoms with Gasteiger partial charge in [-0.1, -0.05) is 55.3 Å². The summed E-state index contributed by atoms with van der Waals surface area (Å²) >= 11 is 1.56. The fourth-order valence-corrected chi connectivity index (χ4v) is 4.92. The van der Waals surface area contributed by atoms with Crippen LogP contribution in [0.2, 0.25) is 0 Å². The molecule has 0 radical (unpaired) electrons. The molecule has 0 bridgehead atoms. The number of hydrogen-bond donors (Lipinski definition) is 1. The number of ether oxygens (including phenoxy) is 1. The van der Waals surface area contributed by atoms with E-state index < -0.39 is 0 Å². The van der Waals surface area contributed by atoms with Crippen molar-refractivity contribution in [2.45, 2.75) is 55.6 Å². The van der Waals surface area contributed by atoms with Gasteiger partial charge in [0, 0.05) is 23.5 Å². The molecule has 158 valence electrons. The average Bonchev–Trinajstić information content (AvgIpc) is 3.20. The zero-order chi connectivity index (χ0) is 20.8. The molecule has 5 nitrogen and oxygen atoms in total. The molecule has 1 aromatic heterocycles. The van der Waals surface area contributed by atoms with Crippen LogP contribution in [-0.4, -0.2) is 21.9 Å². The van der Waals surface area contributed by atoms with Crippen molar-refractivity contribution in [3.8, 4) is 5.75 Å². The number of rotatable bonds is 8. The summed E-state index contributed by atoms with van der Waals surface area (Å²) in [7, 11) is 1.66. The zero-order valence-electron chi connectivity index (χ0n) is 17.2. The van der Waals surface area contributed by atoms with Crippen LogP contribution in [0, 0.1) is 5.82 Å². The van der Waals surface area contributed by atoms with E-state index in [0.717, 1.165) is 35.3 Å². The van der Waals surface area contributed by atoms with Crippen molar-refractivity contribution < 1.29 is 9.13 Å². The van der Waals surface area contributed by atoms with Gasteiger partial charge in [-0.25, -0.2) is 4.39 Å². The van der Waals surface area contributed by atoms with Gasteiger partial charge < -0.3 is 14.6 Å². The van der Waals surface area contributed by atoms with E-state index in [2.05, 4.69) is 20.1 Å². The highest BCUT2D eigenvalue weighted by atomic mass is 32.2. The molecule has 2 aromatic carbocycles. The van der Waals surface area contributed by atoms with Crippen LogP contribution in [0.3, 0.4) is 0 Å². The van der Waals surface area contributed by atoms with Gasteiger partial charge in [-0.05, 0) is 36.6 Å². The Balaban J connectivity index is 1.53. The second-order valence-corrected chi connectivity index (χ2v) is 8.47. The third-order valence-electron chi connectivity index (χ3n) is 5.51. The smallest absolute Gasteiger partial charge is 0.191 e. The van der Waals surface area contributed by atoms with Crippen LogP contribution in [0.15, 0.2) is 53.7 Å². The number of aromatic nitrogens is 3. The molecule has 0 amide bonds. The van der Waals surface area contributed by atoms with Crippen molar-refractivity contribution in [1.82, 2.24) is 14.8 Å². The number of hydrogen-bond acceptors (Lipinski definition) is 5. The SMILES string of the molecule is COc1cccc(NCc2nnc(SCc3ccccc3F)n2C2CCCCC2)c1. The minimum Gasteiger partial charge on any atom is -0.497 e. The largest absolute Gasteiger partial charge is 0.497 e. The lowest BCUT2D eigenvalue weighted by atomic mass is 9.95. The highest BCUT2D eigenvalue weighted by Gasteiger charge is 2.23. The van der Waals surface area contributed by atoms with Crippen molar-refractivity contribution in [2.24, 2.45) is 0 Å². The van der Waals surface area contributed by atoms with Crippen molar-refractivity contribution in [3.63, 3.8) is 0 Å². The first-order valence-electron chi connectivity index (χ1n) is 10.4. The summed E-state index contributed by atoms with van der Waals surface area (Å²) in [4.78, 5) is 0. The minimum atomic E-state index is -0.173. The van der Waals surface area contributed by atoms with E-state index in [4.69, 9.17) is 4.74 Å². The third kappa shape index (κ3) is 4.95. The van der Waals surface area contributed by atoms with E-state index in [1.54, 1.807) is 24.9 Å². The van der Waals surface area contributed by atoms with Crippen LogP contribution in [0.1, 0.15) is 49.5 Å². The molecule has 0 atom stereocenters. The van der Waals surface area contributed by atoms with E-state index in [0.29, 0.717) is 23.9 Å². The summed E-state index contributed by atoms with van der Waals surface area (Å²) in [5.74, 6) is 2.10. The fourth-order valence-electron chi connectivity index (χ4n) is 3.90. The Morgan fingerprint density at radius 2 is 1.93 bits per heavy atom. The molecule has 1 aliphatic rings. The molecule has 0 saturated heterocycles. The van der Waals surface area contributed by atoms with Gasteiger partial charge in [0.05, 0.1) is 13.7 Å². The van der Waals surface area contributed by atoms with Gasteiger partial charge in [-0.2, -0.15) is 0 Å². The average molecular weight is 427 g/mol. The number of anilines is 1. The van der Waals surface area contributed by atoms with Gasteiger partial charge in [-0.3, -0.25) is 0 Å². The van der Waals surface area contributed by atoms with E-state index in [-0.39, 0.29) is 5.82 Å². The highest BCUT2D eigenvalue weighted by molar-refractivity contribution is 7.98. The van der Waals surface area contributed by atoms with Gasteiger partial charge in [0.15, 0.2) is 11.0 Å². The first kappa shape index (κ1) is 20.7. The van der Waals surface area contributed by atoms with E-state index in [1.807, 2.05) is 36.4 Å². The Labute approximate surface area is 181 Å².